The van der Waals surface area contributed by atoms with Gasteiger partial charge in [0.1, 0.15) is 5.69 Å². The van der Waals surface area contributed by atoms with E-state index in [0.29, 0.717) is 11.1 Å². The van der Waals surface area contributed by atoms with E-state index >= 15 is 0 Å². The molecule has 0 aliphatic heterocycles. The first-order valence-corrected chi connectivity index (χ1v) is 8.18. The predicted molar refractivity (Wildman–Crippen MR) is 96.2 cm³/mol. The monoisotopic (exact) mass is 362 g/mol. The lowest BCUT2D eigenvalue weighted by atomic mass is 10.0. The van der Waals surface area contributed by atoms with E-state index in [1.165, 1.54) is 6.07 Å². The molecule has 2 N–H and O–H groups in total. The molecule has 0 saturated carbocycles. The molecule has 130 valence electrons. The first-order valence-electron chi connectivity index (χ1n) is 7.50. The van der Waals surface area contributed by atoms with Gasteiger partial charge >= 0.3 is 0 Å². The van der Waals surface area contributed by atoms with Gasteiger partial charge in [-0.3, -0.25) is 0 Å². The molecule has 1 aromatic carbocycles. The van der Waals surface area contributed by atoms with Crippen molar-refractivity contribution in [2.24, 2.45) is 0 Å². The molecule has 0 radical (unpaired) electrons. The Morgan fingerprint density at radius 1 is 1.20 bits per heavy atom. The minimum absolute atomic E-state index is 0.117. The molecule has 7 heteroatoms. The Kier molecular flexibility index (Phi) is 4.53. The van der Waals surface area contributed by atoms with Crippen molar-refractivity contribution in [3.05, 3.63) is 53.9 Å². The van der Waals surface area contributed by atoms with Gasteiger partial charge in [-0.25, -0.2) is 13.3 Å². The number of nitrogens with zero attached hydrogens (tertiary/aromatic N) is 2. The highest BCUT2D eigenvalue weighted by Gasteiger charge is 2.15. The molecule has 2 aromatic heterocycles. The van der Waals surface area contributed by atoms with Gasteiger partial charge in [-0.1, -0.05) is 36.4 Å². The Morgan fingerprint density at radius 3 is 2.48 bits per heavy atom. The van der Waals surface area contributed by atoms with Crippen LogP contribution in [0.4, 0.5) is 8.28 Å². The number of fused-ring (bicyclic) bond motifs is 1. The molecule has 3 aromatic rings. The number of hydrogen-bond donors (Lipinski definition) is 2. The third-order valence-corrected chi connectivity index (χ3v) is 4.14. The lowest BCUT2D eigenvalue weighted by Crippen LogP contribution is -2.13. The fourth-order valence-corrected chi connectivity index (χ4v) is 2.74. The van der Waals surface area contributed by atoms with Crippen LogP contribution in [0.15, 0.2) is 42.5 Å². The van der Waals surface area contributed by atoms with Gasteiger partial charge in [0, 0.05) is 17.7 Å². The topological polar surface area (TPSA) is 58.3 Å². The van der Waals surface area contributed by atoms with E-state index in [1.54, 1.807) is 50.3 Å². The highest BCUT2D eigenvalue weighted by atomic mass is 32.2. The summed E-state index contributed by atoms with van der Waals surface area (Å²) >= 11 is -0.217. The van der Waals surface area contributed by atoms with Crippen LogP contribution in [0.25, 0.3) is 28.4 Å². The van der Waals surface area contributed by atoms with Gasteiger partial charge in [-0.05, 0) is 19.4 Å². The predicted octanol–water partition coefficient (Wildman–Crippen LogP) is 4.71. The molecule has 3 rings (SSSR count). The Bertz CT molecular complexity index is 944. The molecule has 0 fully saturated rings. The minimum atomic E-state index is -0.916. The number of aromatic hydroxyl groups is 1. The fraction of sp³-hybridized carbons (Fsp3) is 0.167. The van der Waals surface area contributed by atoms with Gasteiger partial charge in [-0.15, -0.1) is 3.89 Å². The van der Waals surface area contributed by atoms with Crippen molar-refractivity contribution >= 4 is 29.4 Å². The summed E-state index contributed by atoms with van der Waals surface area (Å²) in [5.74, 6) is -0.945. The zero-order valence-corrected chi connectivity index (χ0v) is 14.4. The van der Waals surface area contributed by atoms with E-state index in [2.05, 4.69) is 4.98 Å². The normalized spacial score (nSPS) is 12.4. The Morgan fingerprint density at radius 2 is 1.88 bits per heavy atom. The van der Waals surface area contributed by atoms with E-state index < -0.39 is 11.4 Å². The van der Waals surface area contributed by atoms with Crippen LogP contribution >= 0.6 is 12.3 Å². The third-order valence-electron chi connectivity index (χ3n) is 3.61. The molecule has 2 heterocycles. The Balaban J connectivity index is 1.99. The molecule has 0 atom stereocenters. The smallest absolute Gasteiger partial charge is 0.206 e. The van der Waals surface area contributed by atoms with Crippen LogP contribution in [-0.2, 0) is 0 Å². The Hall–Kier alpha value is -2.38. The third kappa shape index (κ3) is 3.67. The van der Waals surface area contributed by atoms with E-state index in [-0.39, 0.29) is 29.4 Å². The van der Waals surface area contributed by atoms with Crippen molar-refractivity contribution in [1.29, 1.82) is 0 Å². The molecule has 0 amide bonds. The fourth-order valence-electron chi connectivity index (χ4n) is 2.39. The number of rotatable bonds is 4. The van der Waals surface area contributed by atoms with Gasteiger partial charge in [0.05, 0.1) is 16.6 Å². The van der Waals surface area contributed by atoms with Crippen LogP contribution in [0.1, 0.15) is 19.4 Å². The van der Waals surface area contributed by atoms with E-state index in [0.717, 1.165) is 15.6 Å². The quantitative estimate of drug-likeness (QED) is 0.705. The van der Waals surface area contributed by atoms with Crippen molar-refractivity contribution < 1.29 is 18.5 Å². The molecule has 0 aliphatic rings. The van der Waals surface area contributed by atoms with Gasteiger partial charge in [-0.2, -0.15) is 0 Å². The minimum Gasteiger partial charge on any atom is -0.494 e. The Labute approximate surface area is 147 Å². The maximum Gasteiger partial charge on any atom is 0.206 e. The molecule has 25 heavy (non-hydrogen) atoms. The maximum absolute atomic E-state index is 14.4. The summed E-state index contributed by atoms with van der Waals surface area (Å²) in [6.45, 7) is 3.34. The standard InChI is InChI=1S/C18H16F2N2O2S/c1-18(2,24)8-7-11-3-5-12(6-4-11)17-13(19)9-15-14(21-17)10-16(23)22(15)25-20/h3-10,23-24H,1-2H3/b8-7+. The first kappa shape index (κ1) is 17.4. The summed E-state index contributed by atoms with van der Waals surface area (Å²) in [5.41, 5.74) is 1.07. The van der Waals surface area contributed by atoms with Crippen molar-refractivity contribution in [3.63, 3.8) is 0 Å². The van der Waals surface area contributed by atoms with E-state index in [9.17, 15) is 18.5 Å². The molecule has 4 nitrogen and oxygen atoms in total. The van der Waals surface area contributed by atoms with Crippen LogP contribution < -0.4 is 0 Å². The molecule has 0 aliphatic carbocycles. The van der Waals surface area contributed by atoms with Gasteiger partial charge in [0.15, 0.2) is 18.2 Å². The second-order valence-corrected chi connectivity index (χ2v) is 6.70. The molecular formula is C18H16F2N2O2S. The zero-order chi connectivity index (χ0) is 18.2. The zero-order valence-electron chi connectivity index (χ0n) is 13.6. The van der Waals surface area contributed by atoms with Gasteiger partial charge in [0.2, 0.25) is 5.88 Å². The summed E-state index contributed by atoms with van der Waals surface area (Å²) < 4.78 is 28.1. The van der Waals surface area contributed by atoms with Crippen molar-refractivity contribution in [2.45, 2.75) is 19.4 Å². The molecule has 0 unspecified atom stereocenters. The van der Waals surface area contributed by atoms with Crippen molar-refractivity contribution in [1.82, 2.24) is 8.96 Å². The van der Waals surface area contributed by atoms with Crippen LogP contribution in [-0.4, -0.2) is 24.8 Å². The summed E-state index contributed by atoms with van der Waals surface area (Å²) in [4.78, 5) is 4.20. The summed E-state index contributed by atoms with van der Waals surface area (Å²) in [7, 11) is 0. The van der Waals surface area contributed by atoms with Crippen molar-refractivity contribution in [2.75, 3.05) is 0 Å². The molecule has 0 spiro atoms. The molecular weight excluding hydrogens is 346 g/mol. The first-order chi connectivity index (χ1) is 11.8. The highest BCUT2D eigenvalue weighted by molar-refractivity contribution is 7.93. The number of aromatic nitrogens is 2. The average Bonchev–Trinajstić information content (AvgIpc) is 2.86. The lowest BCUT2D eigenvalue weighted by molar-refractivity contribution is 0.134. The second kappa shape index (κ2) is 6.50. The van der Waals surface area contributed by atoms with Crippen molar-refractivity contribution in [3.8, 4) is 17.1 Å². The average molecular weight is 362 g/mol. The number of halogens is 2. The second-order valence-electron chi connectivity index (χ2n) is 6.20. The number of benzene rings is 1. The van der Waals surface area contributed by atoms with Crippen LogP contribution in [0, 0.1) is 5.82 Å². The highest BCUT2D eigenvalue weighted by Crippen LogP contribution is 2.32. The van der Waals surface area contributed by atoms with Crippen LogP contribution in [0.5, 0.6) is 5.88 Å². The summed E-state index contributed by atoms with van der Waals surface area (Å²) in [6.07, 6.45) is 3.43. The van der Waals surface area contributed by atoms with E-state index in [4.69, 9.17) is 0 Å². The lowest BCUT2D eigenvalue weighted by Gasteiger charge is -2.10. The molecule has 0 saturated heterocycles. The number of pyridine rings is 1. The summed E-state index contributed by atoms with van der Waals surface area (Å²) in [6, 6.07) is 9.41. The van der Waals surface area contributed by atoms with Gasteiger partial charge < -0.3 is 10.2 Å². The molecule has 0 bridgehead atoms. The van der Waals surface area contributed by atoms with E-state index in [1.807, 2.05) is 0 Å². The number of hydrogen-bond acceptors (Lipinski definition) is 4. The maximum atomic E-state index is 14.4. The number of aliphatic hydroxyl groups is 1. The SMILES string of the molecule is CC(C)(O)/C=C/c1ccc(-c2nc3cc(O)n(SF)c3cc2F)cc1. The van der Waals surface area contributed by atoms with Crippen LogP contribution in [0.3, 0.4) is 0 Å². The largest absolute Gasteiger partial charge is 0.494 e. The summed E-state index contributed by atoms with van der Waals surface area (Å²) in [5, 5.41) is 19.4. The van der Waals surface area contributed by atoms with Gasteiger partial charge in [0.25, 0.3) is 0 Å². The van der Waals surface area contributed by atoms with Crippen LogP contribution in [0.2, 0.25) is 0 Å².